The van der Waals surface area contributed by atoms with Gasteiger partial charge in [0.05, 0.1) is 0 Å². The summed E-state index contributed by atoms with van der Waals surface area (Å²) in [5.74, 6) is 2.57. The Bertz CT molecular complexity index is 410. The van der Waals surface area contributed by atoms with E-state index >= 15 is 0 Å². The summed E-state index contributed by atoms with van der Waals surface area (Å²) in [6, 6.07) is 6.27. The molecule has 0 N–H and O–H groups in total. The van der Waals surface area contributed by atoms with Gasteiger partial charge in [-0.25, -0.2) is 0 Å². The second-order valence-corrected chi connectivity index (χ2v) is 4.86. The molecule has 1 rings (SSSR count). The Morgan fingerprint density at radius 2 is 2.07 bits per heavy atom. The van der Waals surface area contributed by atoms with Crippen molar-refractivity contribution in [2.24, 2.45) is 0 Å². The molecule has 1 aromatic rings. The average Bonchev–Trinajstić information content (AvgIpc) is 2.12. The van der Waals surface area contributed by atoms with Gasteiger partial charge < -0.3 is 0 Å². The number of carbonyl (C=O) groups is 1. The van der Waals surface area contributed by atoms with Crippen molar-refractivity contribution in [2.75, 3.05) is 0 Å². The second kappa shape index (κ2) is 4.78. The summed E-state index contributed by atoms with van der Waals surface area (Å²) in [6.07, 6.45) is 0. The zero-order chi connectivity index (χ0) is 10.6. The van der Waals surface area contributed by atoms with E-state index in [1.165, 1.54) is 23.2 Å². The maximum Gasteiger partial charge on any atom is 0.201 e. The van der Waals surface area contributed by atoms with E-state index in [4.69, 9.17) is 0 Å². The number of ketones is 1. The van der Waals surface area contributed by atoms with Gasteiger partial charge in [-0.1, -0.05) is 18.2 Å². The lowest BCUT2D eigenvalue weighted by atomic mass is 10.1. The number of hydrogen-bond acceptors (Lipinski definition) is 1. The fourth-order valence-electron chi connectivity index (χ4n) is 1.27. The monoisotopic (exact) mass is 202 g/mol. The van der Waals surface area contributed by atoms with E-state index in [1.807, 2.05) is 0 Å². The highest BCUT2D eigenvalue weighted by Gasteiger charge is 1.98. The minimum Gasteiger partial charge on any atom is -0.285 e. The third kappa shape index (κ3) is 2.86. The fraction of sp³-hybridized carbons (Fsp3) is 0.250. The number of hydrogen-bond donors (Lipinski definition) is 0. The van der Waals surface area contributed by atoms with Crippen molar-refractivity contribution >= 4 is 20.5 Å². The molecule has 0 radical (unpaired) electrons. The van der Waals surface area contributed by atoms with Gasteiger partial charge in [0.1, 0.15) is 9.52 Å². The van der Waals surface area contributed by atoms with Crippen molar-refractivity contribution in [1.82, 2.24) is 0 Å². The number of carbonyl (C=O) groups excluding carboxylic acids is 1. The van der Waals surface area contributed by atoms with Crippen LogP contribution in [0, 0.1) is 25.3 Å². The third-order valence-electron chi connectivity index (χ3n) is 2.26. The zero-order valence-corrected chi connectivity index (χ0v) is 10.3. The van der Waals surface area contributed by atoms with E-state index in [1.54, 1.807) is 0 Å². The quantitative estimate of drug-likeness (QED) is 0.483. The Morgan fingerprint density at radius 1 is 1.36 bits per heavy atom. The first-order chi connectivity index (χ1) is 6.61. The summed E-state index contributed by atoms with van der Waals surface area (Å²) in [6.45, 7) is 5.73. The summed E-state index contributed by atoms with van der Waals surface area (Å²) < 4.78 is 0. The maximum atomic E-state index is 10.6. The van der Waals surface area contributed by atoms with Crippen molar-refractivity contribution in [3.05, 3.63) is 29.3 Å². The fourth-order valence-corrected chi connectivity index (χ4v) is 2.59. The first kappa shape index (κ1) is 10.7. The van der Waals surface area contributed by atoms with Gasteiger partial charge in [-0.2, -0.15) is 0 Å². The number of aryl methyl sites for hydroxylation is 1. The number of rotatable bonds is 1. The Morgan fingerprint density at radius 3 is 2.71 bits per heavy atom. The van der Waals surface area contributed by atoms with E-state index in [9.17, 15) is 4.79 Å². The molecule has 0 unspecified atom stereocenters. The van der Waals surface area contributed by atoms with Crippen molar-refractivity contribution in [1.29, 1.82) is 0 Å². The van der Waals surface area contributed by atoms with Crippen LogP contribution in [-0.4, -0.2) is 15.3 Å². The first-order valence-electron chi connectivity index (χ1n) is 4.66. The number of benzene rings is 1. The van der Waals surface area contributed by atoms with E-state index in [0.717, 1.165) is 0 Å². The van der Waals surface area contributed by atoms with E-state index in [-0.39, 0.29) is 5.78 Å². The molecule has 1 aromatic carbocycles. The normalized spacial score (nSPS) is 9.93. The minimum absolute atomic E-state index is 0.0391. The van der Waals surface area contributed by atoms with Gasteiger partial charge in [0, 0.05) is 6.92 Å². The lowest BCUT2D eigenvalue weighted by molar-refractivity contribution is -0.111. The molecule has 0 bridgehead atoms. The standard InChI is InChI=1S/C12H14OSi/c1-9-5-4-6-12(11(9)3)14-8-7-10(2)13/h4-6H,14H2,1-3H3. The average molecular weight is 202 g/mol. The molecule has 0 atom stereocenters. The molecule has 14 heavy (non-hydrogen) atoms. The van der Waals surface area contributed by atoms with E-state index in [2.05, 4.69) is 43.5 Å². The highest BCUT2D eigenvalue weighted by Crippen LogP contribution is 2.01. The van der Waals surface area contributed by atoms with Crippen LogP contribution in [-0.2, 0) is 4.79 Å². The Hall–Kier alpha value is -1.33. The number of Topliss-reactive ketones (excluding diaryl/α,β-unsaturated/α-hetero) is 1. The van der Waals surface area contributed by atoms with E-state index in [0.29, 0.717) is 0 Å². The molecule has 0 aliphatic carbocycles. The van der Waals surface area contributed by atoms with Crippen molar-refractivity contribution in [2.45, 2.75) is 20.8 Å². The molecule has 0 aliphatic rings. The highest BCUT2D eigenvalue weighted by molar-refractivity contribution is 6.62. The molecule has 0 spiro atoms. The van der Waals surface area contributed by atoms with Crippen LogP contribution in [0.1, 0.15) is 18.1 Å². The minimum atomic E-state index is -0.586. The summed E-state index contributed by atoms with van der Waals surface area (Å²) in [4.78, 5) is 10.6. The predicted molar refractivity (Wildman–Crippen MR) is 62.6 cm³/mol. The molecular weight excluding hydrogens is 188 g/mol. The summed E-state index contributed by atoms with van der Waals surface area (Å²) in [5, 5.41) is 1.35. The molecule has 0 aromatic heterocycles. The second-order valence-electron chi connectivity index (χ2n) is 3.39. The van der Waals surface area contributed by atoms with Crippen LogP contribution in [0.25, 0.3) is 0 Å². The molecular formula is C12H14OSi. The zero-order valence-electron chi connectivity index (χ0n) is 8.85. The van der Waals surface area contributed by atoms with Crippen LogP contribution in [0.2, 0.25) is 0 Å². The molecule has 0 saturated carbocycles. The third-order valence-corrected chi connectivity index (χ3v) is 3.76. The first-order valence-corrected chi connectivity index (χ1v) is 6.07. The molecule has 72 valence electrons. The highest BCUT2D eigenvalue weighted by atomic mass is 28.2. The molecule has 0 amide bonds. The van der Waals surface area contributed by atoms with Gasteiger partial charge in [-0.05, 0) is 36.1 Å². The SMILES string of the molecule is CC(=O)C#C[SiH2]c1cccc(C)c1C. The molecule has 0 aliphatic heterocycles. The van der Waals surface area contributed by atoms with Crippen LogP contribution in [0.3, 0.4) is 0 Å². The van der Waals surface area contributed by atoms with Gasteiger partial charge in [-0.3, -0.25) is 4.79 Å². The molecule has 2 heteroatoms. The summed E-state index contributed by atoms with van der Waals surface area (Å²) in [5.41, 5.74) is 5.64. The Balaban J connectivity index is 2.84. The van der Waals surface area contributed by atoms with Crippen molar-refractivity contribution < 1.29 is 4.79 Å². The van der Waals surface area contributed by atoms with Gasteiger partial charge in [0.15, 0.2) is 0 Å². The lowest BCUT2D eigenvalue weighted by Gasteiger charge is -2.03. The van der Waals surface area contributed by atoms with Crippen molar-refractivity contribution in [3.8, 4) is 11.5 Å². The van der Waals surface area contributed by atoms with Gasteiger partial charge in [-0.15, -0.1) is 5.54 Å². The Kier molecular flexibility index (Phi) is 3.67. The molecule has 0 fully saturated rings. The largest absolute Gasteiger partial charge is 0.285 e. The van der Waals surface area contributed by atoms with Crippen LogP contribution < -0.4 is 5.19 Å². The van der Waals surface area contributed by atoms with Crippen LogP contribution >= 0.6 is 0 Å². The van der Waals surface area contributed by atoms with Crippen LogP contribution in [0.5, 0.6) is 0 Å². The van der Waals surface area contributed by atoms with Crippen LogP contribution in [0.15, 0.2) is 18.2 Å². The van der Waals surface area contributed by atoms with E-state index < -0.39 is 9.52 Å². The van der Waals surface area contributed by atoms with Crippen molar-refractivity contribution in [3.63, 3.8) is 0 Å². The summed E-state index contributed by atoms with van der Waals surface area (Å²) in [7, 11) is -0.586. The molecule has 1 nitrogen and oxygen atoms in total. The topological polar surface area (TPSA) is 17.1 Å². The van der Waals surface area contributed by atoms with Gasteiger partial charge in [0.25, 0.3) is 0 Å². The van der Waals surface area contributed by atoms with Gasteiger partial charge >= 0.3 is 0 Å². The van der Waals surface area contributed by atoms with Crippen LogP contribution in [0.4, 0.5) is 0 Å². The van der Waals surface area contributed by atoms with Gasteiger partial charge in [0.2, 0.25) is 5.78 Å². The maximum absolute atomic E-state index is 10.6. The predicted octanol–water partition coefficient (Wildman–Crippen LogP) is 0.647. The molecule has 0 heterocycles. The molecule has 0 saturated heterocycles. The summed E-state index contributed by atoms with van der Waals surface area (Å²) >= 11 is 0. The lowest BCUT2D eigenvalue weighted by Crippen LogP contribution is -2.17. The Labute approximate surface area is 87.4 Å². The smallest absolute Gasteiger partial charge is 0.201 e.